The molecule has 4 N–H and O–H groups in total. The van der Waals surface area contributed by atoms with Crippen LogP contribution in [0.3, 0.4) is 0 Å². The number of nitrogens with one attached hydrogen (secondary N) is 1. The van der Waals surface area contributed by atoms with Crippen molar-refractivity contribution in [3.63, 3.8) is 0 Å². The van der Waals surface area contributed by atoms with Crippen molar-refractivity contribution in [2.75, 3.05) is 20.3 Å². The number of methoxy groups -OCH3 is 1. The maximum atomic E-state index is 14.5. The van der Waals surface area contributed by atoms with Crippen LogP contribution in [-0.4, -0.2) is 76.6 Å². The van der Waals surface area contributed by atoms with Crippen LogP contribution in [-0.2, 0) is 11.4 Å². The lowest BCUT2D eigenvalue weighted by Gasteiger charge is -2.44. The van der Waals surface area contributed by atoms with E-state index < -0.39 is 35.7 Å². The third kappa shape index (κ3) is 7.40. The van der Waals surface area contributed by atoms with Crippen LogP contribution in [0.1, 0.15) is 60.9 Å². The van der Waals surface area contributed by atoms with E-state index in [2.05, 4.69) is 27.9 Å². The fourth-order valence-corrected chi connectivity index (χ4v) is 7.13. The molecule has 46 heavy (non-hydrogen) atoms. The van der Waals surface area contributed by atoms with Gasteiger partial charge < -0.3 is 39.4 Å². The van der Waals surface area contributed by atoms with Crippen molar-refractivity contribution in [2.45, 2.75) is 75.8 Å². The van der Waals surface area contributed by atoms with Gasteiger partial charge in [-0.3, -0.25) is 9.59 Å². The highest BCUT2D eigenvalue weighted by atomic mass is 127. The Labute approximate surface area is 280 Å². The van der Waals surface area contributed by atoms with Gasteiger partial charge in [-0.1, -0.05) is 43.9 Å². The lowest BCUT2D eigenvalue weighted by Crippen LogP contribution is -2.58. The number of aliphatic hydroxyl groups is 3. The standard InChI is InChI=1S/C34H39IN2O9/c1-44-29-15-20(19-39)14-25(35)31(29)45-28-18-22(32(41)36-12-13-38)17-26(30(28)40)37(23-9-4-2-3-5-10-23)33(42)24-16-21-8-6-7-11-27(21)46-34(24)43/h6-8,11,14-16,18,23,26,28,30,38-40H,2-5,9-10,12-13,17,19H2,1H3,(H,36,41). The molecule has 11 nitrogen and oxygen atoms in total. The quantitative estimate of drug-likeness (QED) is 0.138. The van der Waals surface area contributed by atoms with E-state index in [1.807, 2.05) is 0 Å². The number of benzene rings is 2. The van der Waals surface area contributed by atoms with E-state index >= 15 is 0 Å². The summed E-state index contributed by atoms with van der Waals surface area (Å²) in [7, 11) is 1.46. The van der Waals surface area contributed by atoms with Crippen molar-refractivity contribution in [3.05, 3.63) is 79.2 Å². The Morgan fingerprint density at radius 3 is 2.52 bits per heavy atom. The minimum Gasteiger partial charge on any atom is -0.493 e. The van der Waals surface area contributed by atoms with Gasteiger partial charge in [0.2, 0.25) is 5.91 Å². The van der Waals surface area contributed by atoms with Gasteiger partial charge in [-0.05, 0) is 71.3 Å². The molecule has 12 heteroatoms. The molecule has 1 aromatic heterocycles. The summed E-state index contributed by atoms with van der Waals surface area (Å²) in [4.78, 5) is 42.6. The van der Waals surface area contributed by atoms with E-state index in [1.165, 1.54) is 19.3 Å². The molecule has 3 unspecified atom stereocenters. The zero-order valence-electron chi connectivity index (χ0n) is 25.6. The summed E-state index contributed by atoms with van der Waals surface area (Å²) in [6.07, 6.45) is 4.23. The second-order valence-electron chi connectivity index (χ2n) is 11.6. The Morgan fingerprint density at radius 1 is 1.09 bits per heavy atom. The van der Waals surface area contributed by atoms with Crippen molar-refractivity contribution in [1.29, 1.82) is 0 Å². The van der Waals surface area contributed by atoms with Gasteiger partial charge >= 0.3 is 5.63 Å². The molecule has 246 valence electrons. The molecular formula is C34H39IN2O9. The summed E-state index contributed by atoms with van der Waals surface area (Å²) < 4.78 is 18.1. The summed E-state index contributed by atoms with van der Waals surface area (Å²) >= 11 is 2.05. The highest BCUT2D eigenvalue weighted by Crippen LogP contribution is 2.38. The van der Waals surface area contributed by atoms with Crippen molar-refractivity contribution < 1.29 is 38.8 Å². The predicted octanol–water partition coefficient (Wildman–Crippen LogP) is 3.68. The van der Waals surface area contributed by atoms with E-state index in [0.717, 1.165) is 25.7 Å². The van der Waals surface area contributed by atoms with Crippen LogP contribution in [0.25, 0.3) is 11.0 Å². The van der Waals surface area contributed by atoms with Gasteiger partial charge in [0.1, 0.15) is 23.4 Å². The summed E-state index contributed by atoms with van der Waals surface area (Å²) in [5.41, 5.74) is 0.309. The monoisotopic (exact) mass is 746 g/mol. The number of para-hydroxylation sites is 1. The van der Waals surface area contributed by atoms with E-state index in [0.29, 0.717) is 44.4 Å². The zero-order valence-corrected chi connectivity index (χ0v) is 27.8. The molecule has 2 aliphatic carbocycles. The largest absolute Gasteiger partial charge is 0.493 e. The number of carbonyl (C=O) groups is 2. The van der Waals surface area contributed by atoms with Crippen LogP contribution in [0.5, 0.6) is 11.5 Å². The summed E-state index contributed by atoms with van der Waals surface area (Å²) in [5.74, 6) is -0.407. The predicted molar refractivity (Wildman–Crippen MR) is 179 cm³/mol. The maximum Gasteiger partial charge on any atom is 0.349 e. The number of aliphatic hydroxyl groups excluding tert-OH is 3. The molecule has 2 aliphatic rings. The molecule has 0 spiro atoms. The Hall–Kier alpha value is -3.46. The van der Waals surface area contributed by atoms with Crippen LogP contribution >= 0.6 is 22.6 Å². The SMILES string of the molecule is COc1cc(CO)cc(I)c1OC1C=C(C(=O)NCCO)CC(N(C(=O)c2cc3ccccc3oc2=O)C2CCCCCC2)C1O. The van der Waals surface area contributed by atoms with Crippen LogP contribution in [0.2, 0.25) is 0 Å². The topological polar surface area (TPSA) is 159 Å². The van der Waals surface area contributed by atoms with E-state index in [4.69, 9.17) is 13.9 Å². The van der Waals surface area contributed by atoms with Crippen molar-refractivity contribution in [1.82, 2.24) is 10.2 Å². The third-order valence-electron chi connectivity index (χ3n) is 8.62. The zero-order chi connectivity index (χ0) is 32.8. The first-order chi connectivity index (χ1) is 22.2. The number of halogens is 1. The number of rotatable bonds is 10. The number of amides is 2. The molecule has 2 amide bonds. The first kappa shape index (κ1) is 33.9. The van der Waals surface area contributed by atoms with E-state index in [1.54, 1.807) is 41.3 Å². The molecule has 2 aromatic carbocycles. The first-order valence-corrected chi connectivity index (χ1v) is 16.6. The van der Waals surface area contributed by atoms with Gasteiger partial charge in [0.15, 0.2) is 11.5 Å². The lowest BCUT2D eigenvalue weighted by atomic mass is 9.86. The highest BCUT2D eigenvalue weighted by Gasteiger charge is 2.44. The minimum absolute atomic E-state index is 0.00286. The van der Waals surface area contributed by atoms with Gasteiger partial charge in [-0.15, -0.1) is 0 Å². The summed E-state index contributed by atoms with van der Waals surface area (Å²) in [6.45, 7) is -0.453. The number of nitrogens with zero attached hydrogens (tertiary/aromatic N) is 1. The number of carbonyl (C=O) groups excluding carboxylic acids is 2. The second kappa shape index (κ2) is 15.4. The highest BCUT2D eigenvalue weighted by molar-refractivity contribution is 14.1. The molecule has 3 aromatic rings. The normalized spacial score (nSPS) is 20.5. The maximum absolute atomic E-state index is 14.5. The molecule has 0 bridgehead atoms. The Bertz CT molecular complexity index is 1650. The van der Waals surface area contributed by atoms with Crippen LogP contribution in [0.4, 0.5) is 0 Å². The fourth-order valence-electron chi connectivity index (χ4n) is 6.34. The first-order valence-electron chi connectivity index (χ1n) is 15.5. The Kier molecular flexibility index (Phi) is 11.4. The second-order valence-corrected chi connectivity index (χ2v) is 12.8. The van der Waals surface area contributed by atoms with Gasteiger partial charge in [-0.25, -0.2) is 4.79 Å². The van der Waals surface area contributed by atoms with Crippen molar-refractivity contribution in [2.24, 2.45) is 0 Å². The van der Waals surface area contributed by atoms with Crippen LogP contribution in [0, 0.1) is 3.57 Å². The molecule has 1 saturated carbocycles. The average molecular weight is 747 g/mol. The fraction of sp³-hybridized carbons (Fsp3) is 0.441. The molecule has 0 radical (unpaired) electrons. The van der Waals surface area contributed by atoms with Gasteiger partial charge in [0.25, 0.3) is 5.91 Å². The molecule has 1 fully saturated rings. The number of ether oxygens (including phenoxy) is 2. The molecule has 3 atom stereocenters. The smallest absolute Gasteiger partial charge is 0.349 e. The summed E-state index contributed by atoms with van der Waals surface area (Å²) in [6, 6.07) is 10.6. The van der Waals surface area contributed by atoms with Crippen molar-refractivity contribution >= 4 is 45.4 Å². The summed E-state index contributed by atoms with van der Waals surface area (Å²) in [5, 5.41) is 34.3. The lowest BCUT2D eigenvalue weighted by molar-refractivity contribution is -0.118. The van der Waals surface area contributed by atoms with Crippen LogP contribution < -0.4 is 20.4 Å². The molecule has 1 heterocycles. The van der Waals surface area contributed by atoms with Gasteiger partial charge in [0.05, 0.1) is 29.9 Å². The molecule has 0 saturated heterocycles. The van der Waals surface area contributed by atoms with E-state index in [9.17, 15) is 29.7 Å². The molecule has 5 rings (SSSR count). The van der Waals surface area contributed by atoms with Crippen LogP contribution in [0.15, 0.2) is 63.3 Å². The average Bonchev–Trinajstić information content (AvgIpc) is 3.34. The van der Waals surface area contributed by atoms with Gasteiger partial charge in [-0.2, -0.15) is 0 Å². The number of hydrogen-bond donors (Lipinski definition) is 4. The number of hydrogen-bond acceptors (Lipinski definition) is 9. The third-order valence-corrected chi connectivity index (χ3v) is 9.42. The van der Waals surface area contributed by atoms with Gasteiger partial charge in [0, 0.05) is 30.0 Å². The number of fused-ring (bicyclic) bond motifs is 1. The minimum atomic E-state index is -1.30. The Balaban J connectivity index is 1.59. The Morgan fingerprint density at radius 2 is 1.83 bits per heavy atom. The molecule has 0 aliphatic heterocycles. The van der Waals surface area contributed by atoms with E-state index in [-0.39, 0.29) is 43.4 Å². The van der Waals surface area contributed by atoms with Crippen molar-refractivity contribution in [3.8, 4) is 11.5 Å². The molecular weight excluding hydrogens is 707 g/mol.